The molecule has 1 aromatic carbocycles. The number of hydrogen-bond donors (Lipinski definition) is 3. The second-order valence-electron chi connectivity index (χ2n) is 8.02. The monoisotopic (exact) mass is 374 g/mol. The fourth-order valence-electron chi connectivity index (χ4n) is 4.60. The Kier molecular flexibility index (Phi) is 6.50. The minimum atomic E-state index is -0.453. The van der Waals surface area contributed by atoms with Gasteiger partial charge in [-0.1, -0.05) is 6.42 Å². The van der Waals surface area contributed by atoms with Gasteiger partial charge in [0.15, 0.2) is 5.78 Å². The smallest absolute Gasteiger partial charge is 0.238 e. The number of Topliss-reactive ketones (excluding diaryl/α,β-unsaturated/α-hetero) is 1. The zero-order chi connectivity index (χ0) is 19.3. The number of hydrogen-bond acceptors (Lipinski definition) is 4. The average Bonchev–Trinajstić information content (AvgIpc) is 2.69. The molecule has 0 unspecified atom stereocenters. The second-order valence-corrected chi connectivity index (χ2v) is 8.02. The van der Waals surface area contributed by atoms with Crippen LogP contribution in [0.5, 0.6) is 5.75 Å². The molecule has 2 saturated heterocycles. The maximum atomic E-state index is 12.3. The summed E-state index contributed by atoms with van der Waals surface area (Å²) in [5, 5.41) is 9.31. The largest absolute Gasteiger partial charge is 0.508 e. The van der Waals surface area contributed by atoms with Crippen molar-refractivity contribution >= 4 is 11.7 Å². The molecule has 0 radical (unpaired) electrons. The fraction of sp³-hybridized carbons (Fsp3) is 0.619. The highest BCUT2D eigenvalue weighted by Gasteiger charge is 2.46. The summed E-state index contributed by atoms with van der Waals surface area (Å²) < 4.78 is 0. The quantitative estimate of drug-likeness (QED) is 0.615. The molecule has 6 heteroatoms. The van der Waals surface area contributed by atoms with E-state index in [4.69, 9.17) is 5.73 Å². The molecule has 0 atom stereocenters. The van der Waals surface area contributed by atoms with E-state index in [1.807, 2.05) is 0 Å². The van der Waals surface area contributed by atoms with Crippen molar-refractivity contribution in [3.8, 4) is 5.75 Å². The summed E-state index contributed by atoms with van der Waals surface area (Å²) in [5.41, 5.74) is 6.04. The van der Waals surface area contributed by atoms with Crippen molar-refractivity contribution in [3.05, 3.63) is 29.8 Å². The van der Waals surface area contributed by atoms with Crippen LogP contribution in [0.4, 0.5) is 0 Å². The Morgan fingerprint density at radius 1 is 1.07 bits per heavy atom. The van der Waals surface area contributed by atoms with Crippen LogP contribution < -0.4 is 10.6 Å². The van der Waals surface area contributed by atoms with Crippen LogP contribution in [0.2, 0.25) is 0 Å². The van der Waals surface area contributed by atoms with Crippen molar-refractivity contribution in [1.82, 2.24) is 4.90 Å². The number of primary amides is 1. The van der Waals surface area contributed by atoms with E-state index in [0.717, 1.165) is 64.8 Å². The van der Waals surface area contributed by atoms with Crippen molar-refractivity contribution in [2.75, 3.05) is 32.7 Å². The number of aromatic hydroxyl groups is 1. The average molecular weight is 375 g/mol. The molecule has 0 bridgehead atoms. The number of benzene rings is 1. The number of likely N-dealkylation sites (tertiary alicyclic amines) is 2. The first-order valence-corrected chi connectivity index (χ1v) is 10.2. The van der Waals surface area contributed by atoms with Gasteiger partial charge in [-0.05, 0) is 50.2 Å². The number of phenols is 1. The predicted molar refractivity (Wildman–Crippen MR) is 104 cm³/mol. The molecule has 2 aliphatic heterocycles. The molecule has 6 nitrogen and oxygen atoms in total. The molecule has 2 heterocycles. The van der Waals surface area contributed by atoms with Gasteiger partial charge in [0.1, 0.15) is 11.3 Å². The Hall–Kier alpha value is -1.92. The molecule has 0 saturated carbocycles. The van der Waals surface area contributed by atoms with E-state index >= 15 is 0 Å². The van der Waals surface area contributed by atoms with Crippen LogP contribution in [0, 0.1) is 0 Å². The van der Waals surface area contributed by atoms with Crippen molar-refractivity contribution in [3.63, 3.8) is 0 Å². The standard InChI is InChI=1S/C21H31N3O3/c22-20(27)21(24-13-2-1-3-14-24)10-15-23(16-11-21)12-4-5-19(26)17-6-8-18(25)9-7-17/h6-9,25H,1-5,10-16H2,(H2,22,27)/p+1. The summed E-state index contributed by atoms with van der Waals surface area (Å²) in [6.07, 6.45) is 6.56. The van der Waals surface area contributed by atoms with E-state index in [2.05, 4.69) is 4.90 Å². The first-order chi connectivity index (χ1) is 13.0. The molecule has 1 aromatic rings. The Bertz CT molecular complexity index is 645. The van der Waals surface area contributed by atoms with E-state index in [1.165, 1.54) is 11.3 Å². The zero-order valence-corrected chi connectivity index (χ0v) is 16.1. The van der Waals surface area contributed by atoms with Gasteiger partial charge in [-0.2, -0.15) is 0 Å². The molecule has 3 rings (SSSR count). The van der Waals surface area contributed by atoms with Gasteiger partial charge in [0.2, 0.25) is 5.91 Å². The Labute approximate surface area is 161 Å². The summed E-state index contributed by atoms with van der Waals surface area (Å²) >= 11 is 0. The number of piperidine rings is 2. The first-order valence-electron chi connectivity index (χ1n) is 10.2. The van der Waals surface area contributed by atoms with Gasteiger partial charge in [0, 0.05) is 31.2 Å². The lowest BCUT2D eigenvalue weighted by Crippen LogP contribution is -3.14. The lowest BCUT2D eigenvalue weighted by atomic mass is 9.83. The van der Waals surface area contributed by atoms with Crippen LogP contribution in [0.25, 0.3) is 0 Å². The Morgan fingerprint density at radius 2 is 1.70 bits per heavy atom. The third-order valence-electron chi connectivity index (χ3n) is 6.33. The van der Waals surface area contributed by atoms with Gasteiger partial charge in [-0.3, -0.25) is 14.5 Å². The molecular weight excluding hydrogens is 342 g/mol. The molecule has 2 aliphatic rings. The minimum absolute atomic E-state index is 0.117. The van der Waals surface area contributed by atoms with Crippen LogP contribution >= 0.6 is 0 Å². The molecule has 1 amide bonds. The number of rotatable bonds is 7. The van der Waals surface area contributed by atoms with Crippen LogP contribution in [0.1, 0.15) is 55.3 Å². The van der Waals surface area contributed by atoms with E-state index in [0.29, 0.717) is 12.0 Å². The maximum absolute atomic E-state index is 12.3. The third kappa shape index (κ3) is 4.68. The molecule has 4 N–H and O–H groups in total. The van der Waals surface area contributed by atoms with E-state index in [-0.39, 0.29) is 17.4 Å². The maximum Gasteiger partial charge on any atom is 0.238 e. The molecule has 148 valence electrons. The molecule has 0 aromatic heterocycles. The highest BCUT2D eigenvalue weighted by molar-refractivity contribution is 5.96. The van der Waals surface area contributed by atoms with E-state index < -0.39 is 5.54 Å². The number of quaternary nitrogens is 1. The highest BCUT2D eigenvalue weighted by atomic mass is 16.3. The number of nitrogens with one attached hydrogen (secondary N) is 1. The van der Waals surface area contributed by atoms with Crippen LogP contribution in [0.15, 0.2) is 24.3 Å². The lowest BCUT2D eigenvalue weighted by Gasteiger charge is -2.46. The summed E-state index contributed by atoms with van der Waals surface area (Å²) in [7, 11) is 0. The van der Waals surface area contributed by atoms with Gasteiger partial charge >= 0.3 is 0 Å². The van der Waals surface area contributed by atoms with Gasteiger partial charge in [0.05, 0.1) is 19.6 Å². The number of carbonyl (C=O) groups is 2. The van der Waals surface area contributed by atoms with Gasteiger partial charge in [-0.15, -0.1) is 0 Å². The number of ketones is 1. The number of nitrogens with zero attached hydrogens (tertiary/aromatic N) is 1. The van der Waals surface area contributed by atoms with Gasteiger partial charge < -0.3 is 15.7 Å². The first kappa shape index (κ1) is 19.8. The number of carbonyl (C=O) groups excluding carboxylic acids is 2. The summed E-state index contributed by atoms with van der Waals surface area (Å²) in [6.45, 7) is 4.79. The summed E-state index contributed by atoms with van der Waals surface area (Å²) in [4.78, 5) is 28.3. The summed E-state index contributed by atoms with van der Waals surface area (Å²) in [5.74, 6) is 0.133. The highest BCUT2D eigenvalue weighted by Crippen LogP contribution is 2.28. The van der Waals surface area contributed by atoms with E-state index in [9.17, 15) is 14.7 Å². The molecule has 0 spiro atoms. The summed E-state index contributed by atoms with van der Waals surface area (Å²) in [6, 6.07) is 6.44. The normalized spacial score (nSPS) is 26.6. The van der Waals surface area contributed by atoms with Gasteiger partial charge in [0.25, 0.3) is 0 Å². The van der Waals surface area contributed by atoms with E-state index in [1.54, 1.807) is 24.3 Å². The van der Waals surface area contributed by atoms with Crippen molar-refractivity contribution in [1.29, 1.82) is 0 Å². The number of phenolic OH excluding ortho intramolecular Hbond substituents is 1. The lowest BCUT2D eigenvalue weighted by molar-refractivity contribution is -0.906. The number of nitrogens with two attached hydrogens (primary N) is 1. The zero-order valence-electron chi connectivity index (χ0n) is 16.1. The molecular formula is C21H32N3O3+. The van der Waals surface area contributed by atoms with Gasteiger partial charge in [-0.25, -0.2) is 0 Å². The van der Waals surface area contributed by atoms with Crippen molar-refractivity contribution in [2.45, 2.75) is 50.5 Å². The van der Waals surface area contributed by atoms with Crippen LogP contribution in [-0.4, -0.2) is 60.0 Å². The van der Waals surface area contributed by atoms with Crippen molar-refractivity contribution < 1.29 is 19.6 Å². The minimum Gasteiger partial charge on any atom is -0.508 e. The molecule has 0 aliphatic carbocycles. The van der Waals surface area contributed by atoms with Crippen LogP contribution in [-0.2, 0) is 4.79 Å². The molecule has 2 fully saturated rings. The Balaban J connectivity index is 1.46. The van der Waals surface area contributed by atoms with Crippen molar-refractivity contribution in [2.24, 2.45) is 5.73 Å². The predicted octanol–water partition coefficient (Wildman–Crippen LogP) is 0.744. The molecule has 27 heavy (non-hydrogen) atoms. The number of amides is 1. The third-order valence-corrected chi connectivity index (χ3v) is 6.33. The fourth-order valence-corrected chi connectivity index (χ4v) is 4.60. The SMILES string of the molecule is NC(=O)C1(N2CCCCC2)CC[NH+](CCCC(=O)c2ccc(O)cc2)CC1. The second kappa shape index (κ2) is 8.85. The Morgan fingerprint density at radius 3 is 2.30 bits per heavy atom. The topological polar surface area (TPSA) is 88.1 Å². The van der Waals surface area contributed by atoms with Crippen LogP contribution in [0.3, 0.4) is 0 Å².